The molecule has 1 rings (SSSR count). The van der Waals surface area contributed by atoms with Crippen LogP contribution in [0.4, 0.5) is 0 Å². The van der Waals surface area contributed by atoms with E-state index in [4.69, 9.17) is 9.76 Å². The quantitative estimate of drug-likeness (QED) is 0.372. The number of hydrogen-bond acceptors (Lipinski definition) is 5. The number of rotatable bonds is 1. The topological polar surface area (TPSA) is 112 Å². The summed E-state index contributed by atoms with van der Waals surface area (Å²) < 4.78 is 27.8. The second-order valence-electron chi connectivity index (χ2n) is 3.16. The van der Waals surface area contributed by atoms with Gasteiger partial charge in [-0.25, -0.2) is 0 Å². The lowest BCUT2D eigenvalue weighted by atomic mass is 10.4. The molecule has 0 unspecified atom stereocenters. The Labute approximate surface area is 87.4 Å². The normalized spacial score (nSPS) is 16.7. The fourth-order valence-electron chi connectivity index (χ4n) is 0.565. The maximum absolute atomic E-state index is 10.2. The molecular weight excluding hydrogens is 226 g/mol. The van der Waals surface area contributed by atoms with Crippen molar-refractivity contribution in [3.05, 3.63) is 0 Å². The molecule has 0 aromatic rings. The molecule has 1 heterocycles. The highest BCUT2D eigenvalue weighted by Gasteiger charge is 2.26. The van der Waals surface area contributed by atoms with E-state index in [0.717, 1.165) is 0 Å². The summed E-state index contributed by atoms with van der Waals surface area (Å²) in [5, 5.41) is 7.89. The summed E-state index contributed by atoms with van der Waals surface area (Å²) in [6.07, 6.45) is 0.296. The van der Waals surface area contributed by atoms with Crippen molar-refractivity contribution in [1.29, 1.82) is 0 Å². The lowest BCUT2D eigenvalue weighted by Gasteiger charge is -1.98. The first kappa shape index (κ1) is 14.0. The molecule has 0 aliphatic carbocycles. The molecule has 1 saturated heterocycles. The summed E-state index contributed by atoms with van der Waals surface area (Å²) >= 11 is 0. The van der Waals surface area contributed by atoms with Gasteiger partial charge in [-0.05, 0) is 13.8 Å². The minimum Gasteiger partial charge on any atom is -0.285 e. The first-order valence-corrected chi connectivity index (χ1v) is 5.67. The first-order valence-electron chi connectivity index (χ1n) is 4.17. The fraction of sp³-hybridized carbons (Fsp3) is 0.714. The number of nitrogens with zero attached hydrogens (tertiary/aromatic N) is 1. The Morgan fingerprint density at radius 2 is 1.47 bits per heavy atom. The van der Waals surface area contributed by atoms with Gasteiger partial charge in [0.1, 0.15) is 0 Å². The third-order valence-corrected chi connectivity index (χ3v) is 2.81. The number of hydrogen-bond donors (Lipinski definition) is 2. The van der Waals surface area contributed by atoms with Crippen LogP contribution in [0.15, 0.2) is 0 Å². The maximum atomic E-state index is 10.2. The zero-order chi connectivity index (χ0) is 12.2. The number of carbonyl (C=O) groups excluding carboxylic acids is 2. The third-order valence-electron chi connectivity index (χ3n) is 1.62. The molecule has 0 bridgehead atoms. The van der Waals surface area contributed by atoms with Crippen molar-refractivity contribution in [3.8, 4) is 0 Å². The summed E-state index contributed by atoms with van der Waals surface area (Å²) in [7, 11) is -3.74. The van der Waals surface area contributed by atoms with Crippen LogP contribution in [-0.4, -0.2) is 40.3 Å². The van der Waals surface area contributed by atoms with E-state index in [9.17, 15) is 18.0 Å². The van der Waals surface area contributed by atoms with Gasteiger partial charge in [0.25, 0.3) is 21.9 Å². The predicted octanol–water partition coefficient (Wildman–Crippen LogP) is -0.193. The van der Waals surface area contributed by atoms with Crippen molar-refractivity contribution in [3.63, 3.8) is 0 Å². The second-order valence-corrected chi connectivity index (χ2v) is 5.14. The van der Waals surface area contributed by atoms with Crippen LogP contribution in [0.25, 0.3) is 0 Å². The van der Waals surface area contributed by atoms with Crippen LogP contribution in [0, 0.1) is 0 Å². The highest BCUT2D eigenvalue weighted by molar-refractivity contribution is 7.86. The van der Waals surface area contributed by atoms with E-state index in [1.807, 2.05) is 0 Å². The molecule has 0 saturated carbocycles. The van der Waals surface area contributed by atoms with Gasteiger partial charge in [0.05, 0.1) is 5.25 Å². The SMILES string of the molecule is CC(C)S(=O)(=O)O.O=C1CCC(=O)N1O. The smallest absolute Gasteiger partial charge is 0.267 e. The Morgan fingerprint density at radius 3 is 1.53 bits per heavy atom. The van der Waals surface area contributed by atoms with Crippen LogP contribution in [0.3, 0.4) is 0 Å². The zero-order valence-electron chi connectivity index (χ0n) is 8.37. The summed E-state index contributed by atoms with van der Waals surface area (Å²) in [5.41, 5.74) is 0. The summed E-state index contributed by atoms with van der Waals surface area (Å²) in [6.45, 7) is 2.82. The highest BCUT2D eigenvalue weighted by atomic mass is 32.2. The lowest BCUT2D eigenvalue weighted by Crippen LogP contribution is -2.24. The Balaban J connectivity index is 0.000000265. The molecule has 15 heavy (non-hydrogen) atoms. The molecule has 0 atom stereocenters. The van der Waals surface area contributed by atoms with Crippen LogP contribution in [0.1, 0.15) is 26.7 Å². The van der Waals surface area contributed by atoms with E-state index in [1.165, 1.54) is 13.8 Å². The van der Waals surface area contributed by atoms with Crippen LogP contribution in [0.2, 0.25) is 0 Å². The molecular formula is C7H13NO6S. The minimum absolute atomic E-state index is 0.148. The Kier molecular flexibility index (Phi) is 4.85. The van der Waals surface area contributed by atoms with Crippen LogP contribution >= 0.6 is 0 Å². The molecule has 88 valence electrons. The molecule has 1 aliphatic heterocycles. The van der Waals surface area contributed by atoms with E-state index < -0.39 is 27.2 Å². The number of imide groups is 1. The van der Waals surface area contributed by atoms with Crippen molar-refractivity contribution in [1.82, 2.24) is 5.06 Å². The summed E-state index contributed by atoms with van der Waals surface area (Å²) in [5.74, 6) is -1.01. The average Bonchev–Trinajstić information content (AvgIpc) is 2.36. The summed E-state index contributed by atoms with van der Waals surface area (Å²) in [4.78, 5) is 20.5. The van der Waals surface area contributed by atoms with Gasteiger partial charge in [-0.15, -0.1) is 0 Å². The Hall–Kier alpha value is -0.990. The van der Waals surface area contributed by atoms with Crippen molar-refractivity contribution < 1.29 is 27.8 Å². The summed E-state index contributed by atoms with van der Waals surface area (Å²) in [6, 6.07) is 0. The number of hydroxylamine groups is 2. The monoisotopic (exact) mass is 239 g/mol. The van der Waals surface area contributed by atoms with E-state index in [0.29, 0.717) is 0 Å². The molecule has 0 spiro atoms. The number of carbonyl (C=O) groups is 2. The van der Waals surface area contributed by atoms with Gasteiger partial charge in [0.15, 0.2) is 0 Å². The van der Waals surface area contributed by atoms with Crippen molar-refractivity contribution >= 4 is 21.9 Å². The van der Waals surface area contributed by atoms with Crippen LogP contribution in [-0.2, 0) is 19.7 Å². The molecule has 0 radical (unpaired) electrons. The van der Waals surface area contributed by atoms with Crippen molar-refractivity contribution in [2.45, 2.75) is 31.9 Å². The predicted molar refractivity (Wildman–Crippen MR) is 49.6 cm³/mol. The number of amides is 2. The zero-order valence-corrected chi connectivity index (χ0v) is 9.19. The molecule has 0 aromatic carbocycles. The second kappa shape index (κ2) is 5.19. The van der Waals surface area contributed by atoms with Crippen molar-refractivity contribution in [2.24, 2.45) is 0 Å². The van der Waals surface area contributed by atoms with Gasteiger partial charge in [0, 0.05) is 12.8 Å². The molecule has 0 aromatic heterocycles. The molecule has 2 amide bonds. The molecule has 8 heteroatoms. The van der Waals surface area contributed by atoms with Crippen LogP contribution < -0.4 is 0 Å². The maximum Gasteiger partial charge on any atom is 0.267 e. The Bertz CT molecular complexity index is 330. The molecule has 1 aliphatic rings. The van der Waals surface area contributed by atoms with Gasteiger partial charge in [0.2, 0.25) is 0 Å². The first-order chi connectivity index (χ1) is 6.66. The van der Waals surface area contributed by atoms with E-state index in [1.54, 1.807) is 0 Å². The minimum atomic E-state index is -3.74. The van der Waals surface area contributed by atoms with Gasteiger partial charge in [-0.2, -0.15) is 13.5 Å². The van der Waals surface area contributed by atoms with Gasteiger partial charge in [-0.3, -0.25) is 19.3 Å². The Morgan fingerprint density at radius 1 is 1.20 bits per heavy atom. The molecule has 2 N–H and O–H groups in total. The van der Waals surface area contributed by atoms with E-state index >= 15 is 0 Å². The molecule has 7 nitrogen and oxygen atoms in total. The fourth-order valence-corrected chi connectivity index (χ4v) is 0.565. The third kappa shape index (κ3) is 4.86. The lowest BCUT2D eigenvalue weighted by molar-refractivity contribution is -0.171. The van der Waals surface area contributed by atoms with Gasteiger partial charge < -0.3 is 0 Å². The van der Waals surface area contributed by atoms with E-state index in [-0.39, 0.29) is 17.9 Å². The average molecular weight is 239 g/mol. The van der Waals surface area contributed by atoms with Crippen molar-refractivity contribution in [2.75, 3.05) is 0 Å². The van der Waals surface area contributed by atoms with Gasteiger partial charge in [-0.1, -0.05) is 0 Å². The highest BCUT2D eigenvalue weighted by Crippen LogP contribution is 2.07. The standard InChI is InChI=1S/C4H5NO3.C3H8O3S/c6-3-1-2-4(7)5(3)8;1-3(2)7(4,5)6/h8H,1-2H2;3H,1-2H3,(H,4,5,6). The molecule has 1 fully saturated rings. The van der Waals surface area contributed by atoms with Gasteiger partial charge >= 0.3 is 0 Å². The largest absolute Gasteiger partial charge is 0.285 e. The van der Waals surface area contributed by atoms with Crippen LogP contribution in [0.5, 0.6) is 0 Å². The van der Waals surface area contributed by atoms with E-state index in [2.05, 4.69) is 0 Å².